The number of furan rings is 1. The van der Waals surface area contributed by atoms with Gasteiger partial charge in [0.15, 0.2) is 0 Å². The van der Waals surface area contributed by atoms with Crippen LogP contribution < -0.4 is 10.2 Å². The number of benzene rings is 1. The number of hydrogen-bond acceptors (Lipinski definition) is 3. The number of nitrogens with one attached hydrogen (secondary N) is 1. The minimum absolute atomic E-state index is 0.772. The van der Waals surface area contributed by atoms with Gasteiger partial charge in [0.1, 0.15) is 5.76 Å². The van der Waals surface area contributed by atoms with Crippen molar-refractivity contribution in [2.24, 2.45) is 0 Å². The smallest absolute Gasteiger partial charge is 0.125 e. The first kappa shape index (κ1) is 12.7. The molecule has 0 atom stereocenters. The molecule has 3 heteroatoms. The number of hydrogen-bond donors (Lipinski definition) is 1. The quantitative estimate of drug-likeness (QED) is 0.876. The minimum atomic E-state index is 0.772. The van der Waals surface area contributed by atoms with Crippen molar-refractivity contribution in [3.63, 3.8) is 0 Å². The molecule has 0 unspecified atom stereocenters. The van der Waals surface area contributed by atoms with Gasteiger partial charge in [-0.1, -0.05) is 19.1 Å². The number of rotatable bonds is 5. The fourth-order valence-electron chi connectivity index (χ4n) is 1.91. The van der Waals surface area contributed by atoms with Crippen LogP contribution >= 0.6 is 0 Å². The van der Waals surface area contributed by atoms with Crippen LogP contribution in [0.1, 0.15) is 12.7 Å². The van der Waals surface area contributed by atoms with Crippen LogP contribution in [-0.2, 0) is 6.54 Å². The molecule has 0 spiro atoms. The molecule has 2 aromatic rings. The molecule has 18 heavy (non-hydrogen) atoms. The predicted molar refractivity (Wildman–Crippen MR) is 75.9 cm³/mol. The zero-order chi connectivity index (χ0) is 13.0. The third kappa shape index (κ3) is 2.74. The Hall–Kier alpha value is -1.74. The average molecular weight is 244 g/mol. The Kier molecular flexibility index (Phi) is 4.05. The van der Waals surface area contributed by atoms with Crippen molar-refractivity contribution in [1.82, 2.24) is 5.32 Å². The van der Waals surface area contributed by atoms with Gasteiger partial charge in [-0.25, -0.2) is 0 Å². The highest BCUT2D eigenvalue weighted by molar-refractivity contribution is 5.67. The van der Waals surface area contributed by atoms with Gasteiger partial charge in [-0.05, 0) is 30.3 Å². The molecule has 0 saturated carbocycles. The average Bonchev–Trinajstić information content (AvgIpc) is 2.84. The molecule has 1 aromatic carbocycles. The summed E-state index contributed by atoms with van der Waals surface area (Å²) >= 11 is 0. The van der Waals surface area contributed by atoms with Gasteiger partial charge in [-0.2, -0.15) is 0 Å². The van der Waals surface area contributed by atoms with Crippen LogP contribution in [0, 0.1) is 0 Å². The molecule has 1 N–H and O–H groups in total. The normalized spacial score (nSPS) is 10.6. The molecule has 1 heterocycles. The van der Waals surface area contributed by atoms with Crippen molar-refractivity contribution in [2.45, 2.75) is 13.5 Å². The van der Waals surface area contributed by atoms with Crippen LogP contribution in [0.4, 0.5) is 5.69 Å². The Balaban J connectivity index is 2.23. The standard InChI is InChI=1S/C15H20N2O/c1-4-16-11-15-14(9-10-18-15)12-5-7-13(8-6-12)17(2)3/h5-10,16H,4,11H2,1-3H3. The summed E-state index contributed by atoms with van der Waals surface area (Å²) in [6, 6.07) is 10.5. The molecule has 0 aliphatic rings. The second kappa shape index (κ2) is 5.74. The summed E-state index contributed by atoms with van der Waals surface area (Å²) in [4.78, 5) is 2.10. The topological polar surface area (TPSA) is 28.4 Å². The largest absolute Gasteiger partial charge is 0.467 e. The van der Waals surface area contributed by atoms with Crippen molar-refractivity contribution in [2.75, 3.05) is 25.5 Å². The van der Waals surface area contributed by atoms with Crippen molar-refractivity contribution >= 4 is 5.69 Å². The SMILES string of the molecule is CCNCc1occc1-c1ccc(N(C)C)cc1. The van der Waals surface area contributed by atoms with Gasteiger partial charge in [0, 0.05) is 25.3 Å². The molecule has 0 amide bonds. The molecule has 0 saturated heterocycles. The Morgan fingerprint density at radius 2 is 1.83 bits per heavy atom. The molecule has 3 nitrogen and oxygen atoms in total. The summed E-state index contributed by atoms with van der Waals surface area (Å²) in [7, 11) is 4.09. The van der Waals surface area contributed by atoms with E-state index in [-0.39, 0.29) is 0 Å². The maximum absolute atomic E-state index is 5.53. The van der Waals surface area contributed by atoms with Gasteiger partial charge in [0.2, 0.25) is 0 Å². The highest BCUT2D eigenvalue weighted by Crippen LogP contribution is 2.26. The van der Waals surface area contributed by atoms with E-state index in [1.807, 2.05) is 20.2 Å². The number of anilines is 1. The van der Waals surface area contributed by atoms with Gasteiger partial charge in [0.05, 0.1) is 12.8 Å². The lowest BCUT2D eigenvalue weighted by molar-refractivity contribution is 0.489. The van der Waals surface area contributed by atoms with Gasteiger partial charge in [-0.3, -0.25) is 0 Å². The first-order valence-electron chi connectivity index (χ1n) is 6.27. The third-order valence-electron chi connectivity index (χ3n) is 2.98. The monoisotopic (exact) mass is 244 g/mol. The van der Waals surface area contributed by atoms with E-state index in [0.29, 0.717) is 0 Å². The predicted octanol–water partition coefficient (Wildman–Crippen LogP) is 3.12. The lowest BCUT2D eigenvalue weighted by Crippen LogP contribution is -2.11. The third-order valence-corrected chi connectivity index (χ3v) is 2.98. The van der Waals surface area contributed by atoms with Gasteiger partial charge < -0.3 is 14.6 Å². The summed E-state index contributed by atoms with van der Waals surface area (Å²) < 4.78 is 5.53. The van der Waals surface area contributed by atoms with E-state index in [9.17, 15) is 0 Å². The molecule has 1 aromatic heterocycles. The van der Waals surface area contributed by atoms with Crippen LogP contribution in [0.3, 0.4) is 0 Å². The lowest BCUT2D eigenvalue weighted by atomic mass is 10.1. The van der Waals surface area contributed by atoms with Crippen molar-refractivity contribution in [3.8, 4) is 11.1 Å². The van der Waals surface area contributed by atoms with Gasteiger partial charge in [0.25, 0.3) is 0 Å². The Morgan fingerprint density at radius 3 is 2.44 bits per heavy atom. The first-order chi connectivity index (χ1) is 8.72. The maximum atomic E-state index is 5.53. The molecular formula is C15H20N2O. The van der Waals surface area contributed by atoms with Crippen molar-refractivity contribution < 1.29 is 4.42 Å². The summed E-state index contributed by atoms with van der Waals surface area (Å²) in [5, 5.41) is 3.29. The molecule has 0 aliphatic heterocycles. The number of nitrogens with zero attached hydrogens (tertiary/aromatic N) is 1. The van der Waals surface area contributed by atoms with Crippen LogP contribution in [0.25, 0.3) is 11.1 Å². The minimum Gasteiger partial charge on any atom is -0.467 e. The summed E-state index contributed by atoms with van der Waals surface area (Å²) in [5.74, 6) is 0.995. The van der Waals surface area contributed by atoms with Gasteiger partial charge in [-0.15, -0.1) is 0 Å². The second-order valence-electron chi connectivity index (χ2n) is 4.48. The molecule has 0 fully saturated rings. The zero-order valence-corrected chi connectivity index (χ0v) is 11.2. The van der Waals surface area contributed by atoms with E-state index in [0.717, 1.165) is 18.8 Å². The lowest BCUT2D eigenvalue weighted by Gasteiger charge is -2.12. The Bertz CT molecular complexity index is 485. The van der Waals surface area contributed by atoms with E-state index in [2.05, 4.69) is 41.4 Å². The van der Waals surface area contributed by atoms with Crippen molar-refractivity contribution in [3.05, 3.63) is 42.4 Å². The van der Waals surface area contributed by atoms with Crippen molar-refractivity contribution in [1.29, 1.82) is 0 Å². The fraction of sp³-hybridized carbons (Fsp3) is 0.333. The highest BCUT2D eigenvalue weighted by Gasteiger charge is 2.08. The Morgan fingerprint density at radius 1 is 1.11 bits per heavy atom. The molecule has 0 aliphatic carbocycles. The maximum Gasteiger partial charge on any atom is 0.125 e. The summed E-state index contributed by atoms with van der Waals surface area (Å²) in [6.07, 6.45) is 1.75. The second-order valence-corrected chi connectivity index (χ2v) is 4.48. The fourth-order valence-corrected chi connectivity index (χ4v) is 1.91. The van der Waals surface area contributed by atoms with Gasteiger partial charge >= 0.3 is 0 Å². The van der Waals surface area contributed by atoms with E-state index in [1.165, 1.54) is 16.8 Å². The van der Waals surface area contributed by atoms with Crippen LogP contribution in [-0.4, -0.2) is 20.6 Å². The van der Waals surface area contributed by atoms with Crippen LogP contribution in [0.5, 0.6) is 0 Å². The summed E-state index contributed by atoms with van der Waals surface area (Å²) in [6.45, 7) is 3.81. The molecule has 0 bridgehead atoms. The van der Waals surface area contributed by atoms with E-state index < -0.39 is 0 Å². The Labute approximate surface area is 108 Å². The zero-order valence-electron chi connectivity index (χ0n) is 11.2. The summed E-state index contributed by atoms with van der Waals surface area (Å²) in [5.41, 5.74) is 3.57. The van der Waals surface area contributed by atoms with E-state index in [1.54, 1.807) is 6.26 Å². The molecule has 2 rings (SSSR count). The van der Waals surface area contributed by atoms with Crippen LogP contribution in [0.2, 0.25) is 0 Å². The molecular weight excluding hydrogens is 224 g/mol. The first-order valence-corrected chi connectivity index (χ1v) is 6.27. The molecule has 96 valence electrons. The molecule has 0 radical (unpaired) electrons. The highest BCUT2D eigenvalue weighted by atomic mass is 16.3. The van der Waals surface area contributed by atoms with Crippen LogP contribution in [0.15, 0.2) is 41.0 Å². The van der Waals surface area contributed by atoms with E-state index in [4.69, 9.17) is 4.42 Å². The van der Waals surface area contributed by atoms with E-state index >= 15 is 0 Å².